The lowest BCUT2D eigenvalue weighted by atomic mass is 10.1. The molecule has 0 fully saturated rings. The molecular formula is C17H18N4O. The Hall–Kier alpha value is -2.56. The number of imidazole rings is 1. The van der Waals surface area contributed by atoms with Crippen LogP contribution in [0.1, 0.15) is 19.3 Å². The highest BCUT2D eigenvalue weighted by molar-refractivity contribution is 5.65. The molecule has 0 saturated carbocycles. The highest BCUT2D eigenvalue weighted by Crippen LogP contribution is 2.25. The zero-order chi connectivity index (χ0) is 14.8. The Labute approximate surface area is 128 Å². The predicted molar refractivity (Wildman–Crippen MR) is 86.3 cm³/mol. The maximum absolute atomic E-state index is 5.85. The third-order valence-electron chi connectivity index (χ3n) is 3.89. The van der Waals surface area contributed by atoms with Crippen molar-refractivity contribution in [3.63, 3.8) is 0 Å². The average Bonchev–Trinajstić information content (AvgIpc) is 2.97. The molecule has 2 aromatic heterocycles. The van der Waals surface area contributed by atoms with Gasteiger partial charge in [0.25, 0.3) is 0 Å². The molecule has 3 heterocycles. The first-order valence-electron chi connectivity index (χ1n) is 7.72. The van der Waals surface area contributed by atoms with Crippen molar-refractivity contribution >= 4 is 11.5 Å². The molecule has 22 heavy (non-hydrogen) atoms. The van der Waals surface area contributed by atoms with Crippen LogP contribution in [0.25, 0.3) is 16.9 Å². The smallest absolute Gasteiger partial charge is 0.154 e. The van der Waals surface area contributed by atoms with E-state index in [-0.39, 0.29) is 0 Å². The van der Waals surface area contributed by atoms with Crippen molar-refractivity contribution < 1.29 is 4.74 Å². The fraction of sp³-hybridized carbons (Fsp3) is 0.294. The molecule has 0 spiro atoms. The number of anilines is 1. The SMILES string of the molecule is c1cc2cc(c1)-c1cnc3ccc(nn13)NCCCCCO2. The highest BCUT2D eigenvalue weighted by atomic mass is 16.5. The third-order valence-corrected chi connectivity index (χ3v) is 3.89. The molecule has 0 atom stereocenters. The largest absolute Gasteiger partial charge is 0.494 e. The fourth-order valence-corrected chi connectivity index (χ4v) is 2.72. The monoisotopic (exact) mass is 294 g/mol. The zero-order valence-electron chi connectivity index (χ0n) is 12.3. The summed E-state index contributed by atoms with van der Waals surface area (Å²) >= 11 is 0. The molecule has 1 N–H and O–H groups in total. The van der Waals surface area contributed by atoms with Crippen LogP contribution in [0.4, 0.5) is 5.82 Å². The summed E-state index contributed by atoms with van der Waals surface area (Å²) < 4.78 is 7.73. The minimum absolute atomic E-state index is 0.759. The Balaban J connectivity index is 1.83. The lowest BCUT2D eigenvalue weighted by Crippen LogP contribution is -2.07. The summed E-state index contributed by atoms with van der Waals surface area (Å²) in [5, 5.41) is 8.04. The van der Waals surface area contributed by atoms with E-state index in [4.69, 9.17) is 4.74 Å². The molecule has 4 rings (SSSR count). The summed E-state index contributed by atoms with van der Waals surface area (Å²) in [6.07, 6.45) is 5.18. The van der Waals surface area contributed by atoms with Crippen molar-refractivity contribution in [1.82, 2.24) is 14.6 Å². The molecule has 0 amide bonds. The standard InChI is InChI=1S/C17H18N4O/c1-2-9-18-16-7-8-17-19-12-15(21(17)20-16)13-5-4-6-14(11-13)22-10-3-1/h4-8,11-12H,1-3,9-10H2,(H,18,20). The summed E-state index contributed by atoms with van der Waals surface area (Å²) in [6, 6.07) is 12.1. The molecule has 0 unspecified atom stereocenters. The number of ether oxygens (including phenoxy) is 1. The van der Waals surface area contributed by atoms with Crippen LogP contribution >= 0.6 is 0 Å². The molecule has 0 aliphatic carbocycles. The van der Waals surface area contributed by atoms with Crippen molar-refractivity contribution in [2.45, 2.75) is 19.3 Å². The Morgan fingerprint density at radius 1 is 1.09 bits per heavy atom. The van der Waals surface area contributed by atoms with Crippen molar-refractivity contribution in [3.05, 3.63) is 42.6 Å². The van der Waals surface area contributed by atoms with Gasteiger partial charge in [-0.2, -0.15) is 0 Å². The van der Waals surface area contributed by atoms with E-state index in [0.717, 1.165) is 60.9 Å². The van der Waals surface area contributed by atoms with Crippen LogP contribution in [0.2, 0.25) is 0 Å². The summed E-state index contributed by atoms with van der Waals surface area (Å²) in [7, 11) is 0. The van der Waals surface area contributed by atoms with Gasteiger partial charge in [0.15, 0.2) is 5.65 Å². The number of rotatable bonds is 0. The second-order valence-corrected chi connectivity index (χ2v) is 5.50. The molecule has 0 saturated heterocycles. The van der Waals surface area contributed by atoms with Gasteiger partial charge < -0.3 is 10.1 Å². The minimum Gasteiger partial charge on any atom is -0.494 e. The highest BCUT2D eigenvalue weighted by Gasteiger charge is 2.09. The van der Waals surface area contributed by atoms with Crippen LogP contribution in [-0.4, -0.2) is 27.7 Å². The van der Waals surface area contributed by atoms with Crippen molar-refractivity contribution in [2.75, 3.05) is 18.5 Å². The van der Waals surface area contributed by atoms with Gasteiger partial charge in [0.1, 0.15) is 11.6 Å². The van der Waals surface area contributed by atoms with Crippen LogP contribution < -0.4 is 10.1 Å². The Morgan fingerprint density at radius 3 is 3.09 bits per heavy atom. The lowest BCUT2D eigenvalue weighted by molar-refractivity contribution is 0.306. The van der Waals surface area contributed by atoms with Crippen LogP contribution in [0.3, 0.4) is 0 Å². The van der Waals surface area contributed by atoms with E-state index in [1.165, 1.54) is 0 Å². The minimum atomic E-state index is 0.759. The van der Waals surface area contributed by atoms with Crippen LogP contribution in [0.5, 0.6) is 5.75 Å². The Kier molecular flexibility index (Phi) is 3.39. The topological polar surface area (TPSA) is 51.5 Å². The quantitative estimate of drug-likeness (QED) is 0.690. The maximum Gasteiger partial charge on any atom is 0.154 e. The van der Waals surface area contributed by atoms with E-state index in [1.807, 2.05) is 35.0 Å². The second-order valence-electron chi connectivity index (χ2n) is 5.50. The normalized spacial score (nSPS) is 15.1. The molecule has 3 aromatic rings. The number of fused-ring (bicyclic) bond motifs is 4. The second kappa shape index (κ2) is 5.67. The molecule has 5 nitrogen and oxygen atoms in total. The number of nitrogens with zero attached hydrogens (tertiary/aromatic N) is 3. The van der Waals surface area contributed by atoms with Crippen LogP contribution in [0, 0.1) is 0 Å². The summed E-state index contributed by atoms with van der Waals surface area (Å²) in [6.45, 7) is 1.68. The number of benzene rings is 1. The predicted octanol–water partition coefficient (Wildman–Crippen LogP) is 3.37. The third kappa shape index (κ3) is 2.50. The van der Waals surface area contributed by atoms with E-state index in [0.29, 0.717) is 0 Å². The summed E-state index contributed by atoms with van der Waals surface area (Å²) in [5.74, 6) is 1.79. The number of nitrogens with one attached hydrogen (secondary N) is 1. The van der Waals surface area contributed by atoms with E-state index in [2.05, 4.69) is 27.5 Å². The Bertz CT molecular complexity index is 796. The molecule has 1 aliphatic rings. The molecule has 1 aromatic carbocycles. The van der Waals surface area contributed by atoms with Crippen molar-refractivity contribution in [3.8, 4) is 17.0 Å². The van der Waals surface area contributed by atoms with E-state index < -0.39 is 0 Å². The van der Waals surface area contributed by atoms with Crippen molar-refractivity contribution in [1.29, 1.82) is 0 Å². The average molecular weight is 294 g/mol. The molecule has 112 valence electrons. The number of hydrogen-bond acceptors (Lipinski definition) is 4. The maximum atomic E-state index is 5.85. The van der Waals surface area contributed by atoms with Crippen molar-refractivity contribution in [2.24, 2.45) is 0 Å². The molecule has 5 heteroatoms. The van der Waals surface area contributed by atoms with Gasteiger partial charge in [0.05, 0.1) is 18.5 Å². The summed E-state index contributed by atoms with van der Waals surface area (Å²) in [5.41, 5.74) is 2.88. The number of aromatic nitrogens is 3. The first-order chi connectivity index (χ1) is 10.9. The molecule has 4 bridgehead atoms. The van der Waals surface area contributed by atoms with Gasteiger partial charge in [-0.15, -0.1) is 5.10 Å². The van der Waals surface area contributed by atoms with Gasteiger partial charge >= 0.3 is 0 Å². The van der Waals surface area contributed by atoms with Gasteiger partial charge in [0, 0.05) is 12.1 Å². The van der Waals surface area contributed by atoms with E-state index in [9.17, 15) is 0 Å². The Morgan fingerprint density at radius 2 is 2.09 bits per heavy atom. The van der Waals surface area contributed by atoms with Gasteiger partial charge in [-0.05, 0) is 43.5 Å². The van der Waals surface area contributed by atoms with Crippen LogP contribution in [-0.2, 0) is 0 Å². The molecule has 0 radical (unpaired) electrons. The fourth-order valence-electron chi connectivity index (χ4n) is 2.72. The zero-order valence-corrected chi connectivity index (χ0v) is 12.3. The van der Waals surface area contributed by atoms with Crippen LogP contribution in [0.15, 0.2) is 42.6 Å². The lowest BCUT2D eigenvalue weighted by Gasteiger charge is -2.11. The number of hydrogen-bond donors (Lipinski definition) is 1. The van der Waals surface area contributed by atoms with Gasteiger partial charge in [-0.25, -0.2) is 9.50 Å². The van der Waals surface area contributed by atoms with Gasteiger partial charge in [-0.1, -0.05) is 12.1 Å². The molecule has 1 aliphatic heterocycles. The molecular weight excluding hydrogens is 276 g/mol. The van der Waals surface area contributed by atoms with Gasteiger partial charge in [0.2, 0.25) is 0 Å². The van der Waals surface area contributed by atoms with E-state index in [1.54, 1.807) is 0 Å². The first kappa shape index (κ1) is 13.1. The first-order valence-corrected chi connectivity index (χ1v) is 7.72. The summed E-state index contributed by atoms with van der Waals surface area (Å²) in [4.78, 5) is 4.44. The van der Waals surface area contributed by atoms with Gasteiger partial charge in [-0.3, -0.25) is 0 Å². The van der Waals surface area contributed by atoms with E-state index >= 15 is 0 Å².